The van der Waals surface area contributed by atoms with Crippen LogP contribution in [0, 0.1) is 0 Å². The van der Waals surface area contributed by atoms with E-state index in [9.17, 15) is 28.7 Å². The summed E-state index contributed by atoms with van der Waals surface area (Å²) in [5.74, 6) is 1.22. The van der Waals surface area contributed by atoms with Gasteiger partial charge >= 0.3 is 10.2 Å². The standard InChI is InChI=1S/C23H28F5N3O2S2/c24-35(25,26,27,28)18-4-2-16(3-5-18)17-6-11-31(12-7-17)21-14-20(30-23(15-32)9-1-10-23)22-19(29-21)8-13-34(22)33/h2-5,14,17,32H,1,6-13,15H2,(H,29,30)/t34-/m0/s1. The van der Waals surface area contributed by atoms with Crippen molar-refractivity contribution in [3.05, 3.63) is 41.6 Å². The molecule has 1 aromatic heterocycles. The lowest BCUT2D eigenvalue weighted by Crippen LogP contribution is -2.48. The first-order valence-electron chi connectivity index (χ1n) is 11.7. The molecule has 0 radical (unpaired) electrons. The maximum Gasteiger partial charge on any atom is 0.310 e. The van der Waals surface area contributed by atoms with E-state index in [4.69, 9.17) is 4.98 Å². The van der Waals surface area contributed by atoms with Crippen LogP contribution in [0.15, 0.2) is 40.1 Å². The second-order valence-electron chi connectivity index (χ2n) is 9.82. The molecule has 0 unspecified atom stereocenters. The predicted molar refractivity (Wildman–Crippen MR) is 129 cm³/mol. The lowest BCUT2D eigenvalue weighted by Gasteiger charge is -2.42. The van der Waals surface area contributed by atoms with Crippen LogP contribution in [0.1, 0.15) is 49.3 Å². The van der Waals surface area contributed by atoms with Crippen LogP contribution in [0.2, 0.25) is 0 Å². The number of benzene rings is 1. The van der Waals surface area contributed by atoms with E-state index in [2.05, 4.69) is 10.2 Å². The van der Waals surface area contributed by atoms with Gasteiger partial charge in [-0.25, -0.2) is 4.98 Å². The first kappa shape index (κ1) is 24.8. The van der Waals surface area contributed by atoms with Gasteiger partial charge < -0.3 is 15.3 Å². The van der Waals surface area contributed by atoms with Gasteiger partial charge in [0.25, 0.3) is 0 Å². The third-order valence-corrected chi connectivity index (χ3v) is 10.1. The monoisotopic (exact) mass is 537 g/mol. The molecule has 5 rings (SSSR count). The van der Waals surface area contributed by atoms with E-state index in [0.29, 0.717) is 60.7 Å². The molecule has 3 aliphatic rings. The van der Waals surface area contributed by atoms with E-state index in [-0.39, 0.29) is 12.5 Å². The topological polar surface area (TPSA) is 65.5 Å². The Kier molecular flexibility index (Phi) is 5.51. The number of pyridine rings is 1. The molecule has 5 nitrogen and oxygen atoms in total. The molecule has 0 amide bonds. The number of aliphatic hydroxyl groups excluding tert-OH is 1. The minimum absolute atomic E-state index is 0.00172. The summed E-state index contributed by atoms with van der Waals surface area (Å²) in [5.41, 5.74) is 1.77. The molecular formula is C23H28F5N3O2S2. The second kappa shape index (κ2) is 7.79. The fourth-order valence-corrected chi connectivity index (χ4v) is 7.19. The zero-order valence-corrected chi connectivity index (χ0v) is 20.6. The van der Waals surface area contributed by atoms with E-state index in [1.54, 1.807) is 0 Å². The summed E-state index contributed by atoms with van der Waals surface area (Å²) in [5, 5.41) is 13.3. The van der Waals surface area contributed by atoms with E-state index < -0.39 is 31.5 Å². The zero-order valence-electron chi connectivity index (χ0n) is 19.0. The number of aliphatic hydroxyl groups is 1. The number of hydrogen-bond donors (Lipinski definition) is 2. The summed E-state index contributed by atoms with van der Waals surface area (Å²) >= 11 is 0. The van der Waals surface area contributed by atoms with Crippen LogP contribution in [0.5, 0.6) is 0 Å². The lowest BCUT2D eigenvalue weighted by molar-refractivity contribution is 0.144. The van der Waals surface area contributed by atoms with Gasteiger partial charge in [-0.2, -0.15) is 0 Å². The zero-order chi connectivity index (χ0) is 25.1. The summed E-state index contributed by atoms with van der Waals surface area (Å²) in [6, 6.07) is 5.18. The van der Waals surface area contributed by atoms with Crippen LogP contribution in [-0.2, 0) is 17.2 Å². The summed E-state index contributed by atoms with van der Waals surface area (Å²) < 4.78 is 77.7. The average molecular weight is 538 g/mol. The molecular weight excluding hydrogens is 509 g/mol. The highest BCUT2D eigenvalue weighted by atomic mass is 32.5. The molecule has 2 fully saturated rings. The molecule has 1 aromatic carbocycles. The lowest BCUT2D eigenvalue weighted by atomic mass is 9.77. The number of anilines is 2. The van der Waals surface area contributed by atoms with Crippen molar-refractivity contribution >= 4 is 32.5 Å². The van der Waals surface area contributed by atoms with Crippen molar-refractivity contribution < 1.29 is 28.7 Å². The number of fused-ring (bicyclic) bond motifs is 1. The summed E-state index contributed by atoms with van der Waals surface area (Å²) in [6.45, 7) is 1.21. The van der Waals surface area contributed by atoms with Gasteiger partial charge in [0.2, 0.25) is 0 Å². The molecule has 12 heteroatoms. The Balaban J connectivity index is 1.32. The number of nitrogens with one attached hydrogen (secondary N) is 1. The Morgan fingerprint density at radius 1 is 1.11 bits per heavy atom. The van der Waals surface area contributed by atoms with Crippen LogP contribution in [-0.4, -0.2) is 45.3 Å². The van der Waals surface area contributed by atoms with Gasteiger partial charge in [-0.3, -0.25) is 4.21 Å². The quantitative estimate of drug-likeness (QED) is 0.435. The Morgan fingerprint density at radius 3 is 2.31 bits per heavy atom. The first-order valence-corrected chi connectivity index (χ1v) is 14.9. The van der Waals surface area contributed by atoms with Crippen molar-refractivity contribution in [3.8, 4) is 0 Å². The van der Waals surface area contributed by atoms with Crippen molar-refractivity contribution in [1.29, 1.82) is 0 Å². The van der Waals surface area contributed by atoms with Gasteiger partial charge in [-0.05, 0) is 55.7 Å². The number of halogens is 5. The van der Waals surface area contributed by atoms with Crippen molar-refractivity contribution in [2.24, 2.45) is 0 Å². The van der Waals surface area contributed by atoms with Crippen LogP contribution in [0.25, 0.3) is 0 Å². The number of nitrogens with zero attached hydrogens (tertiary/aromatic N) is 2. The molecule has 1 saturated heterocycles. The molecule has 1 aliphatic carbocycles. The normalized spacial score (nSPS) is 24.3. The van der Waals surface area contributed by atoms with E-state index in [1.165, 1.54) is 0 Å². The third-order valence-electron chi connectivity index (χ3n) is 7.41. The predicted octanol–water partition coefficient (Wildman–Crippen LogP) is 6.11. The molecule has 0 spiro atoms. The molecule has 35 heavy (non-hydrogen) atoms. The number of aryl methyl sites for hydroxylation is 1. The van der Waals surface area contributed by atoms with Gasteiger partial charge in [0.15, 0.2) is 0 Å². The largest absolute Gasteiger partial charge is 0.394 e. The Morgan fingerprint density at radius 2 is 1.77 bits per heavy atom. The maximum atomic E-state index is 13.0. The van der Waals surface area contributed by atoms with Crippen molar-refractivity contribution in [2.45, 2.75) is 59.8 Å². The molecule has 2 aliphatic heterocycles. The molecule has 0 bridgehead atoms. The second-order valence-corrected chi connectivity index (χ2v) is 13.7. The van der Waals surface area contributed by atoms with Crippen molar-refractivity contribution in [2.75, 3.05) is 35.7 Å². The van der Waals surface area contributed by atoms with Gasteiger partial charge in [-0.1, -0.05) is 31.6 Å². The third kappa shape index (κ3) is 4.89. The highest BCUT2D eigenvalue weighted by Gasteiger charge is 2.65. The van der Waals surface area contributed by atoms with E-state index in [1.807, 2.05) is 6.07 Å². The van der Waals surface area contributed by atoms with Crippen LogP contribution in [0.3, 0.4) is 0 Å². The van der Waals surface area contributed by atoms with Crippen LogP contribution in [0.4, 0.5) is 30.9 Å². The number of rotatable bonds is 6. The molecule has 2 N–H and O–H groups in total. The number of piperidine rings is 1. The summed E-state index contributed by atoms with van der Waals surface area (Å²) in [7, 11) is -10.8. The maximum absolute atomic E-state index is 13.0. The van der Waals surface area contributed by atoms with Crippen molar-refractivity contribution in [3.63, 3.8) is 0 Å². The number of hydrogen-bond acceptors (Lipinski definition) is 5. The Hall–Kier alpha value is -1.92. The van der Waals surface area contributed by atoms with Crippen LogP contribution < -0.4 is 10.2 Å². The van der Waals surface area contributed by atoms with E-state index >= 15 is 0 Å². The number of aromatic nitrogens is 1. The molecule has 3 heterocycles. The van der Waals surface area contributed by atoms with Gasteiger partial charge in [-0.15, -0.1) is 0 Å². The highest BCUT2D eigenvalue weighted by Crippen LogP contribution is 3.02. The highest BCUT2D eigenvalue weighted by molar-refractivity contribution is 8.45. The Labute approximate surface area is 203 Å². The van der Waals surface area contributed by atoms with Crippen molar-refractivity contribution in [1.82, 2.24) is 4.98 Å². The molecule has 1 atom stereocenters. The first-order chi connectivity index (χ1) is 16.3. The van der Waals surface area contributed by atoms with Gasteiger partial charge in [0.1, 0.15) is 10.7 Å². The Bertz CT molecular complexity index is 1160. The van der Waals surface area contributed by atoms with Crippen LogP contribution >= 0.6 is 10.2 Å². The average Bonchev–Trinajstić information content (AvgIpc) is 3.16. The fourth-order valence-electron chi connectivity index (χ4n) is 5.19. The van der Waals surface area contributed by atoms with Gasteiger partial charge in [0.05, 0.1) is 39.2 Å². The molecule has 2 aromatic rings. The SMILES string of the molecule is O=[S@]1CCc2nc(N3CCC(c4ccc(S(F)(F)(F)(F)F)cc4)CC3)cc(NC3(CO)CCC3)c21. The molecule has 194 valence electrons. The smallest absolute Gasteiger partial charge is 0.310 e. The summed E-state index contributed by atoms with van der Waals surface area (Å²) in [6.07, 6.45) is 4.61. The fraction of sp³-hybridized carbons (Fsp3) is 0.522. The van der Waals surface area contributed by atoms with E-state index in [0.717, 1.165) is 48.6 Å². The molecule has 1 saturated carbocycles. The minimum atomic E-state index is -9.67. The summed E-state index contributed by atoms with van der Waals surface area (Å²) in [4.78, 5) is 5.71. The minimum Gasteiger partial charge on any atom is -0.394 e. The van der Waals surface area contributed by atoms with Gasteiger partial charge in [0, 0.05) is 31.3 Å².